The van der Waals surface area contributed by atoms with Gasteiger partial charge >= 0.3 is 0 Å². The molecule has 0 heterocycles. The number of Topliss-reactive ketones (excluding diaryl/α,β-unsaturated/α-hetero) is 1. The van der Waals surface area contributed by atoms with E-state index in [0.717, 1.165) is 0 Å². The lowest BCUT2D eigenvalue weighted by Crippen LogP contribution is -2.20. The molecule has 0 radical (unpaired) electrons. The van der Waals surface area contributed by atoms with E-state index in [4.69, 9.17) is 0 Å². The molecule has 2 aromatic carbocycles. The van der Waals surface area contributed by atoms with E-state index >= 15 is 0 Å². The molecule has 0 bridgehead atoms. The first-order valence-electron chi connectivity index (χ1n) is 7.21. The number of nitrogens with zero attached hydrogens (tertiary/aromatic N) is 1. The van der Waals surface area contributed by atoms with Gasteiger partial charge < -0.3 is 10.2 Å². The molecule has 0 saturated heterocycles. The summed E-state index contributed by atoms with van der Waals surface area (Å²) in [6, 6.07) is 12.7. The molecule has 0 atom stereocenters. The molecule has 120 valence electrons. The summed E-state index contributed by atoms with van der Waals surface area (Å²) in [6.07, 6.45) is 0. The Morgan fingerprint density at radius 3 is 2.29 bits per heavy atom. The normalized spacial score (nSPS) is 13.9. The predicted molar refractivity (Wildman–Crippen MR) is 89.0 cm³/mol. The van der Waals surface area contributed by atoms with Crippen molar-refractivity contribution in [2.75, 3.05) is 0 Å². The summed E-state index contributed by atoms with van der Waals surface area (Å²) >= 11 is 0. The predicted octanol–water partition coefficient (Wildman–Crippen LogP) is 2.66. The maximum absolute atomic E-state index is 12.4. The molecule has 1 aliphatic carbocycles. The lowest BCUT2D eigenvalue weighted by Gasteiger charge is -2.05. The number of para-hydroxylation sites is 1. The van der Waals surface area contributed by atoms with Crippen LogP contribution in [0.25, 0.3) is 5.76 Å². The molecule has 0 aliphatic heterocycles. The van der Waals surface area contributed by atoms with Crippen LogP contribution in [0, 0.1) is 0 Å². The topological polar surface area (TPSA) is 99.0 Å². The third kappa shape index (κ3) is 2.54. The molecule has 1 aliphatic rings. The number of ketones is 1. The first-order valence-corrected chi connectivity index (χ1v) is 7.21. The molecule has 6 nitrogen and oxygen atoms in total. The van der Waals surface area contributed by atoms with E-state index in [1.807, 2.05) is 0 Å². The van der Waals surface area contributed by atoms with Gasteiger partial charge in [-0.2, -0.15) is 5.10 Å². The number of aliphatic hydroxyl groups is 1. The number of carbonyl (C=O) groups is 2. The Balaban J connectivity index is 1.85. The first kappa shape index (κ1) is 15.5. The van der Waals surface area contributed by atoms with Crippen LogP contribution in [-0.2, 0) is 0 Å². The molecule has 0 fully saturated rings. The molecular weight excluding hydrogens is 308 g/mol. The van der Waals surface area contributed by atoms with Crippen LogP contribution < -0.4 is 5.43 Å². The first-order chi connectivity index (χ1) is 11.5. The second-order valence-corrected chi connectivity index (χ2v) is 5.25. The number of rotatable bonds is 3. The molecule has 3 N–H and O–H groups in total. The highest BCUT2D eigenvalue weighted by atomic mass is 16.3. The number of aliphatic hydroxyl groups excluding tert-OH is 1. The Labute approximate surface area is 137 Å². The number of hydrogen-bond donors (Lipinski definition) is 3. The van der Waals surface area contributed by atoms with E-state index in [2.05, 4.69) is 10.5 Å². The van der Waals surface area contributed by atoms with Gasteiger partial charge in [-0.3, -0.25) is 9.59 Å². The maximum atomic E-state index is 12.4. The van der Waals surface area contributed by atoms with Crippen LogP contribution in [0.3, 0.4) is 0 Å². The van der Waals surface area contributed by atoms with Crippen molar-refractivity contribution < 1.29 is 19.8 Å². The summed E-state index contributed by atoms with van der Waals surface area (Å²) in [4.78, 5) is 24.4. The molecule has 0 saturated carbocycles. The van der Waals surface area contributed by atoms with E-state index in [1.54, 1.807) is 36.4 Å². The average molecular weight is 322 g/mol. The zero-order valence-corrected chi connectivity index (χ0v) is 12.8. The van der Waals surface area contributed by atoms with Gasteiger partial charge in [0.2, 0.25) is 0 Å². The van der Waals surface area contributed by atoms with E-state index in [-0.39, 0.29) is 34.1 Å². The zero-order chi connectivity index (χ0) is 17.3. The van der Waals surface area contributed by atoms with Crippen LogP contribution in [0.4, 0.5) is 0 Å². The monoisotopic (exact) mass is 322 g/mol. The number of aromatic hydroxyl groups is 1. The zero-order valence-electron chi connectivity index (χ0n) is 12.8. The van der Waals surface area contributed by atoms with Crippen molar-refractivity contribution in [3.8, 4) is 5.75 Å². The number of phenolic OH excluding ortho intramolecular Hbond substituents is 1. The minimum absolute atomic E-state index is 0.0498. The summed E-state index contributed by atoms with van der Waals surface area (Å²) in [5.74, 6) is -1.29. The van der Waals surface area contributed by atoms with Crippen molar-refractivity contribution in [1.29, 1.82) is 0 Å². The quantitative estimate of drug-likeness (QED) is 0.597. The fourth-order valence-electron chi connectivity index (χ4n) is 2.52. The molecule has 3 rings (SSSR count). The summed E-state index contributed by atoms with van der Waals surface area (Å²) in [6.45, 7) is 1.51. The van der Waals surface area contributed by atoms with Crippen LogP contribution in [0.1, 0.15) is 33.2 Å². The van der Waals surface area contributed by atoms with Crippen LogP contribution in [0.15, 0.2) is 59.2 Å². The van der Waals surface area contributed by atoms with Crippen molar-refractivity contribution in [3.05, 3.63) is 70.8 Å². The summed E-state index contributed by atoms with van der Waals surface area (Å²) in [5.41, 5.74) is 3.41. The Morgan fingerprint density at radius 2 is 1.62 bits per heavy atom. The molecule has 1 amide bonds. The van der Waals surface area contributed by atoms with E-state index in [1.165, 1.54) is 19.1 Å². The van der Waals surface area contributed by atoms with Crippen LogP contribution in [0.5, 0.6) is 5.75 Å². The van der Waals surface area contributed by atoms with Gasteiger partial charge in [0.1, 0.15) is 11.5 Å². The Kier molecular flexibility index (Phi) is 3.87. The Morgan fingerprint density at radius 1 is 1.00 bits per heavy atom. The number of nitrogens with one attached hydrogen (secondary N) is 1. The van der Waals surface area contributed by atoms with E-state index in [9.17, 15) is 19.8 Å². The van der Waals surface area contributed by atoms with Gasteiger partial charge in [0.15, 0.2) is 5.78 Å². The number of hydrogen-bond acceptors (Lipinski definition) is 5. The van der Waals surface area contributed by atoms with Gasteiger partial charge in [0.05, 0.1) is 16.8 Å². The summed E-state index contributed by atoms with van der Waals surface area (Å²) < 4.78 is 0. The highest BCUT2D eigenvalue weighted by molar-refractivity contribution is 6.35. The number of benzene rings is 2. The molecule has 2 aromatic rings. The van der Waals surface area contributed by atoms with Gasteiger partial charge in [-0.25, -0.2) is 5.43 Å². The Hall–Kier alpha value is -3.41. The summed E-state index contributed by atoms with van der Waals surface area (Å²) in [5, 5.41) is 23.8. The van der Waals surface area contributed by atoms with Gasteiger partial charge in [-0.15, -0.1) is 0 Å². The van der Waals surface area contributed by atoms with Crippen molar-refractivity contribution in [2.45, 2.75) is 6.92 Å². The molecule has 24 heavy (non-hydrogen) atoms. The minimum atomic E-state index is -0.615. The van der Waals surface area contributed by atoms with Gasteiger partial charge in [-0.05, 0) is 19.1 Å². The van der Waals surface area contributed by atoms with Crippen molar-refractivity contribution in [1.82, 2.24) is 5.43 Å². The van der Waals surface area contributed by atoms with Gasteiger partial charge in [0.25, 0.3) is 5.91 Å². The standard InChI is InChI=1S/C18H14N2O4/c1-10(19-20-18(24)13-8-4-5-9-14(13)21)15-16(22)11-6-2-3-7-12(11)17(15)23/h2-9,21-22H,1H3,(H,20,24)/b19-10+. The summed E-state index contributed by atoms with van der Waals surface area (Å²) in [7, 11) is 0. The molecule has 6 heteroatoms. The number of carbonyl (C=O) groups excluding carboxylic acids is 2. The van der Waals surface area contributed by atoms with Crippen LogP contribution in [-0.4, -0.2) is 27.6 Å². The number of allylic oxidation sites excluding steroid dienone is 1. The van der Waals surface area contributed by atoms with Crippen molar-refractivity contribution >= 4 is 23.2 Å². The fourth-order valence-corrected chi connectivity index (χ4v) is 2.52. The molecular formula is C18H14N2O4. The van der Waals surface area contributed by atoms with Crippen LogP contribution >= 0.6 is 0 Å². The number of amides is 1. The smallest absolute Gasteiger partial charge is 0.275 e. The largest absolute Gasteiger partial charge is 0.507 e. The molecule has 0 aromatic heterocycles. The molecule has 0 spiro atoms. The lowest BCUT2D eigenvalue weighted by molar-refractivity contribution is 0.0950. The van der Waals surface area contributed by atoms with E-state index in [0.29, 0.717) is 11.1 Å². The highest BCUT2D eigenvalue weighted by Gasteiger charge is 2.31. The average Bonchev–Trinajstić information content (AvgIpc) is 2.84. The van der Waals surface area contributed by atoms with Crippen LogP contribution in [0.2, 0.25) is 0 Å². The Bertz CT molecular complexity index is 913. The van der Waals surface area contributed by atoms with Gasteiger partial charge in [0, 0.05) is 11.1 Å². The fraction of sp³-hybridized carbons (Fsp3) is 0.0556. The maximum Gasteiger partial charge on any atom is 0.275 e. The number of hydrazone groups is 1. The van der Waals surface area contributed by atoms with Gasteiger partial charge in [-0.1, -0.05) is 36.4 Å². The van der Waals surface area contributed by atoms with Crippen molar-refractivity contribution in [3.63, 3.8) is 0 Å². The second-order valence-electron chi connectivity index (χ2n) is 5.25. The SMILES string of the molecule is C/C(=N\NC(=O)c1ccccc1O)C1=C(O)c2ccccc2C1=O. The minimum Gasteiger partial charge on any atom is -0.507 e. The lowest BCUT2D eigenvalue weighted by atomic mass is 10.1. The highest BCUT2D eigenvalue weighted by Crippen LogP contribution is 2.31. The number of phenols is 1. The second kappa shape index (κ2) is 6.00. The third-order valence-electron chi connectivity index (χ3n) is 3.73. The van der Waals surface area contributed by atoms with E-state index < -0.39 is 5.91 Å². The van der Waals surface area contributed by atoms with Crippen molar-refractivity contribution in [2.24, 2.45) is 5.10 Å². The third-order valence-corrected chi connectivity index (χ3v) is 3.73. The molecule has 0 unspecified atom stereocenters. The number of fused-ring (bicyclic) bond motifs is 1.